The normalized spacial score (nSPS) is 9.62. The van der Waals surface area contributed by atoms with Gasteiger partial charge in [-0.05, 0) is 0 Å². The first-order chi connectivity index (χ1) is 10.3. The molecule has 0 saturated heterocycles. The van der Waals surface area contributed by atoms with E-state index in [-0.39, 0.29) is 0 Å². The van der Waals surface area contributed by atoms with Crippen LogP contribution in [0.15, 0.2) is 84.9 Å². The molecule has 4 rings (SSSR count). The van der Waals surface area contributed by atoms with Gasteiger partial charge in [-0.25, -0.2) is 0 Å². The van der Waals surface area contributed by atoms with Crippen LogP contribution < -0.4 is 0 Å². The molecule has 0 aromatic heterocycles. The quantitative estimate of drug-likeness (QED) is 0.250. The summed E-state index contributed by atoms with van der Waals surface area (Å²) in [4.78, 5) is 0. The summed E-state index contributed by atoms with van der Waals surface area (Å²) in [6, 6.07) is 29.3. The number of benzene rings is 2. The fraction of sp³-hybridized carbons (Fsp3) is 0. The first kappa shape index (κ1) is 16.3. The molecule has 0 fully saturated rings. The van der Waals surface area contributed by atoms with Crippen molar-refractivity contribution in [1.82, 2.24) is 0 Å². The third kappa shape index (κ3) is 5.00. The maximum atomic E-state index is 4.93. The molecule has 21 heavy (non-hydrogen) atoms. The van der Waals surface area contributed by atoms with Gasteiger partial charge in [-0.2, -0.15) is 35.0 Å². The van der Waals surface area contributed by atoms with Crippen LogP contribution in [0, 0.1) is 0 Å². The summed E-state index contributed by atoms with van der Waals surface area (Å²) in [6.45, 7) is 0. The molecule has 0 amide bonds. The van der Waals surface area contributed by atoms with Gasteiger partial charge in [-0.1, -0.05) is 12.1 Å². The fourth-order valence-electron chi connectivity index (χ4n) is 2.14. The van der Waals surface area contributed by atoms with Crippen LogP contribution in [0.4, 0.5) is 0 Å². The molecule has 4 aromatic carbocycles. The number of fused-ring (bicyclic) bond motifs is 2. The van der Waals surface area contributed by atoms with E-state index in [1.165, 1.54) is 21.5 Å². The van der Waals surface area contributed by atoms with E-state index in [1.54, 1.807) is 0 Å². The average molecular weight is 485 g/mol. The second-order valence-corrected chi connectivity index (χ2v) is 8.61. The summed E-state index contributed by atoms with van der Waals surface area (Å²) in [7, 11) is 9.86. The molecule has 0 atom stereocenters. The second kappa shape index (κ2) is 9.05. The van der Waals surface area contributed by atoms with Gasteiger partial charge in [0, 0.05) is 0 Å². The monoisotopic (exact) mass is 484 g/mol. The van der Waals surface area contributed by atoms with E-state index in [1.807, 2.05) is 0 Å². The minimum Gasteiger partial charge on any atom is -0.168 e. The summed E-state index contributed by atoms with van der Waals surface area (Å²) < 4.78 is 0. The molecule has 0 spiro atoms. The molecule has 0 saturated carbocycles. The van der Waals surface area contributed by atoms with Crippen molar-refractivity contribution in [2.45, 2.75) is 0 Å². The molecule has 108 valence electrons. The maximum Gasteiger partial charge on any atom is -0.0809 e. The van der Waals surface area contributed by atoms with Crippen LogP contribution >= 0.6 is 18.8 Å². The Bertz CT molecular complexity index is 644. The van der Waals surface area contributed by atoms with Crippen molar-refractivity contribution in [3.05, 3.63) is 84.9 Å². The Kier molecular flexibility index (Phi) is 7.03. The fourth-order valence-corrected chi connectivity index (χ4v) is 2.14. The summed E-state index contributed by atoms with van der Waals surface area (Å²) in [5, 5.41) is 5.32. The molecule has 0 unspecified atom stereocenters. The Balaban J connectivity index is 0.000000130. The van der Waals surface area contributed by atoms with Gasteiger partial charge < -0.3 is 0 Å². The maximum absolute atomic E-state index is 4.93. The molecule has 4 aromatic rings. The number of rotatable bonds is 0. The molecule has 3 heteroatoms. The van der Waals surface area contributed by atoms with Gasteiger partial charge in [-0.15, -0.1) is 59.3 Å². The van der Waals surface area contributed by atoms with Gasteiger partial charge in [0.05, 0.1) is 0 Å². The van der Waals surface area contributed by atoms with Crippen molar-refractivity contribution in [1.29, 1.82) is 0 Å². The van der Waals surface area contributed by atoms with Gasteiger partial charge in [0.25, 0.3) is 0 Å². The number of halogens is 2. The van der Waals surface area contributed by atoms with Gasteiger partial charge in [0.1, 0.15) is 0 Å². The summed E-state index contributed by atoms with van der Waals surface area (Å²) >= 11 is -0.806. The predicted molar refractivity (Wildman–Crippen MR) is 90.8 cm³/mol. The van der Waals surface area contributed by atoms with Gasteiger partial charge in [-0.3, -0.25) is 0 Å². The first-order valence-corrected chi connectivity index (χ1v) is 13.7. The molecule has 0 radical (unpaired) electrons. The molecule has 0 aliphatic carbocycles. The zero-order chi connectivity index (χ0) is 14.9. The second-order valence-electron chi connectivity index (χ2n) is 4.37. The Morgan fingerprint density at radius 2 is 1.00 bits per heavy atom. The smallest absolute Gasteiger partial charge is 0.0809 e. The van der Waals surface area contributed by atoms with E-state index in [0.29, 0.717) is 0 Å². The van der Waals surface area contributed by atoms with Crippen LogP contribution in [0.1, 0.15) is 0 Å². The van der Waals surface area contributed by atoms with E-state index >= 15 is 0 Å². The molecule has 0 N–H and O–H groups in total. The molecule has 0 aliphatic rings. The Morgan fingerprint density at radius 3 is 1.38 bits per heavy atom. The summed E-state index contributed by atoms with van der Waals surface area (Å²) in [5.41, 5.74) is 0. The molecular weight excluding hydrogens is 471 g/mol. The first-order valence-electron chi connectivity index (χ1n) is 6.45. The van der Waals surface area contributed by atoms with Crippen LogP contribution in [0.25, 0.3) is 21.5 Å². The Labute approximate surface area is 141 Å². The van der Waals surface area contributed by atoms with Crippen LogP contribution in [0.3, 0.4) is 0 Å². The largest absolute Gasteiger partial charge is 0.168 e. The zero-order valence-corrected chi connectivity index (χ0v) is 15.7. The van der Waals surface area contributed by atoms with Crippen molar-refractivity contribution in [3.63, 3.8) is 0 Å². The molecule has 0 heterocycles. The Hall–Kier alpha value is -1.07. The molecule has 0 nitrogen and oxygen atoms in total. The summed E-state index contributed by atoms with van der Waals surface area (Å²) in [5.74, 6) is 0. The molecule has 0 aliphatic heterocycles. The van der Waals surface area contributed by atoms with E-state index in [4.69, 9.17) is 18.8 Å². The van der Waals surface area contributed by atoms with Crippen LogP contribution in [-0.4, -0.2) is 0 Å². The third-order valence-corrected chi connectivity index (χ3v) is 3.10. The van der Waals surface area contributed by atoms with E-state index < -0.39 is 16.5 Å². The van der Waals surface area contributed by atoms with Crippen molar-refractivity contribution in [2.24, 2.45) is 0 Å². The zero-order valence-electron chi connectivity index (χ0n) is 11.2. The Morgan fingerprint density at radius 1 is 0.619 bits per heavy atom. The number of hydrogen-bond donors (Lipinski definition) is 0. The van der Waals surface area contributed by atoms with E-state index in [0.717, 1.165) is 0 Å². The third-order valence-electron chi connectivity index (χ3n) is 3.10. The van der Waals surface area contributed by atoms with Crippen molar-refractivity contribution in [2.75, 3.05) is 0 Å². The van der Waals surface area contributed by atoms with Gasteiger partial charge in [0.15, 0.2) is 0 Å². The van der Waals surface area contributed by atoms with E-state index in [9.17, 15) is 0 Å². The predicted octanol–water partition coefficient (Wildman–Crippen LogP) is 6.49. The average Bonchev–Trinajstić information content (AvgIpc) is 3.17. The van der Waals surface area contributed by atoms with Crippen molar-refractivity contribution >= 4 is 40.4 Å². The van der Waals surface area contributed by atoms with Crippen LogP contribution in [-0.2, 0) is 16.5 Å². The van der Waals surface area contributed by atoms with Crippen molar-refractivity contribution in [3.8, 4) is 0 Å². The van der Waals surface area contributed by atoms with Gasteiger partial charge >= 0.3 is 35.3 Å². The molecule has 0 bridgehead atoms. The topological polar surface area (TPSA) is 0 Å². The van der Waals surface area contributed by atoms with Crippen LogP contribution in [0.5, 0.6) is 0 Å². The van der Waals surface area contributed by atoms with E-state index in [2.05, 4.69) is 84.9 Å². The van der Waals surface area contributed by atoms with Gasteiger partial charge in [0.2, 0.25) is 0 Å². The SMILES string of the molecule is [Cl][W][Cl].c1ccc2[cH-]ccc2c1.c1ccc2[cH-]ccc2c1. The molecular formula is C18H14Cl2W-2. The minimum atomic E-state index is -0.806. The van der Waals surface area contributed by atoms with Crippen LogP contribution in [0.2, 0.25) is 0 Å². The van der Waals surface area contributed by atoms with Crippen molar-refractivity contribution < 1.29 is 16.5 Å². The summed E-state index contributed by atoms with van der Waals surface area (Å²) in [6.07, 6.45) is 0. The standard InChI is InChI=1S/2C9H7.2ClH.W/c2*1-2-5-9-7-3-6-8(9)4-1;;;/h2*1-7H;2*1H;/q2*-1;;;+2/p-2. The number of hydrogen-bond acceptors (Lipinski definition) is 0. The minimum absolute atomic E-state index is 0.806.